The van der Waals surface area contributed by atoms with E-state index in [0.29, 0.717) is 24.6 Å². The van der Waals surface area contributed by atoms with E-state index in [-0.39, 0.29) is 17.9 Å². The first-order chi connectivity index (χ1) is 11.9. The Bertz CT molecular complexity index is 752. The number of H-pyrrole nitrogens is 2. The van der Waals surface area contributed by atoms with Crippen molar-refractivity contribution in [2.24, 2.45) is 0 Å². The molecule has 8 nitrogen and oxygen atoms in total. The Morgan fingerprint density at radius 1 is 1.24 bits per heavy atom. The summed E-state index contributed by atoms with van der Waals surface area (Å²) in [6, 6.07) is 2.11. The van der Waals surface area contributed by atoms with Gasteiger partial charge in [0.1, 0.15) is 5.82 Å². The molecule has 0 aliphatic heterocycles. The Morgan fingerprint density at radius 2 is 2.00 bits per heavy atom. The maximum absolute atomic E-state index is 12.1. The standard InChI is InChI=1S/C17H24N6O2/c1-9-14(10(2)21-20-9)4-5-17(25)19-16-8-15(22-23-16)12-6-13(7-12)18-11(3)24/h8,12-13H,4-7H2,1-3H3,(H,18,24)(H,20,21)(H2,19,22,23,25)/t12-,13+. The molecule has 134 valence electrons. The summed E-state index contributed by atoms with van der Waals surface area (Å²) in [7, 11) is 0. The molecule has 1 aliphatic carbocycles. The molecule has 0 bridgehead atoms. The minimum atomic E-state index is -0.0556. The lowest BCUT2D eigenvalue weighted by atomic mass is 9.78. The summed E-state index contributed by atoms with van der Waals surface area (Å²) in [5.41, 5.74) is 3.97. The number of hydrogen-bond acceptors (Lipinski definition) is 4. The predicted octanol–water partition coefficient (Wildman–Crippen LogP) is 1.70. The molecule has 0 saturated heterocycles. The van der Waals surface area contributed by atoms with Gasteiger partial charge < -0.3 is 10.6 Å². The number of nitrogens with zero attached hydrogens (tertiary/aromatic N) is 2. The summed E-state index contributed by atoms with van der Waals surface area (Å²) in [6.45, 7) is 5.42. The van der Waals surface area contributed by atoms with Gasteiger partial charge in [-0.2, -0.15) is 10.2 Å². The average Bonchev–Trinajstić information content (AvgIpc) is 3.08. The lowest BCUT2D eigenvalue weighted by Crippen LogP contribution is -2.42. The van der Waals surface area contributed by atoms with Gasteiger partial charge in [-0.3, -0.25) is 19.8 Å². The predicted molar refractivity (Wildman–Crippen MR) is 93.2 cm³/mol. The van der Waals surface area contributed by atoms with Gasteiger partial charge in [-0.15, -0.1) is 0 Å². The second-order valence-electron chi connectivity index (χ2n) is 6.73. The first-order valence-corrected chi connectivity index (χ1v) is 8.55. The molecule has 1 fully saturated rings. The van der Waals surface area contributed by atoms with Crippen LogP contribution in [0.1, 0.15) is 54.7 Å². The first kappa shape index (κ1) is 17.2. The summed E-state index contributed by atoms with van der Waals surface area (Å²) in [5, 5.41) is 20.0. The van der Waals surface area contributed by atoms with E-state index in [9.17, 15) is 9.59 Å². The molecule has 3 rings (SSSR count). The number of aromatic nitrogens is 4. The number of aromatic amines is 2. The Kier molecular flexibility index (Phi) is 4.87. The minimum absolute atomic E-state index is 0.00141. The summed E-state index contributed by atoms with van der Waals surface area (Å²) < 4.78 is 0. The topological polar surface area (TPSA) is 116 Å². The highest BCUT2D eigenvalue weighted by atomic mass is 16.2. The van der Waals surface area contributed by atoms with Crippen LogP contribution in [0, 0.1) is 13.8 Å². The maximum atomic E-state index is 12.1. The zero-order chi connectivity index (χ0) is 18.0. The lowest BCUT2D eigenvalue weighted by molar-refractivity contribution is -0.120. The van der Waals surface area contributed by atoms with Crippen LogP contribution in [0.5, 0.6) is 0 Å². The highest BCUT2D eigenvalue weighted by molar-refractivity contribution is 5.89. The van der Waals surface area contributed by atoms with E-state index >= 15 is 0 Å². The number of amides is 2. The smallest absolute Gasteiger partial charge is 0.225 e. The van der Waals surface area contributed by atoms with Crippen molar-refractivity contribution in [2.45, 2.75) is 58.4 Å². The van der Waals surface area contributed by atoms with Gasteiger partial charge in [-0.05, 0) is 38.7 Å². The molecule has 25 heavy (non-hydrogen) atoms. The van der Waals surface area contributed by atoms with Crippen molar-refractivity contribution in [3.8, 4) is 0 Å². The van der Waals surface area contributed by atoms with Crippen molar-refractivity contribution in [1.29, 1.82) is 0 Å². The third kappa shape index (κ3) is 4.07. The molecule has 1 aliphatic rings. The number of aryl methyl sites for hydroxylation is 2. The van der Waals surface area contributed by atoms with Gasteiger partial charge in [0.25, 0.3) is 0 Å². The molecule has 0 unspecified atom stereocenters. The van der Waals surface area contributed by atoms with Gasteiger partial charge in [-0.1, -0.05) is 0 Å². The van der Waals surface area contributed by atoms with Crippen molar-refractivity contribution in [2.75, 3.05) is 5.32 Å². The second kappa shape index (κ2) is 7.08. The largest absolute Gasteiger partial charge is 0.354 e. The van der Waals surface area contributed by atoms with Crippen molar-refractivity contribution in [1.82, 2.24) is 25.7 Å². The molecule has 2 aromatic heterocycles. The van der Waals surface area contributed by atoms with Crippen LogP contribution in [0.3, 0.4) is 0 Å². The summed E-state index contributed by atoms with van der Waals surface area (Å²) in [4.78, 5) is 23.1. The zero-order valence-corrected chi connectivity index (χ0v) is 14.8. The highest BCUT2D eigenvalue weighted by Crippen LogP contribution is 2.36. The fraction of sp³-hybridized carbons (Fsp3) is 0.529. The summed E-state index contributed by atoms with van der Waals surface area (Å²) in [6.07, 6.45) is 2.82. The summed E-state index contributed by atoms with van der Waals surface area (Å²) >= 11 is 0. The average molecular weight is 344 g/mol. The lowest BCUT2D eigenvalue weighted by Gasteiger charge is -2.34. The van der Waals surface area contributed by atoms with Crippen LogP contribution in [-0.4, -0.2) is 38.3 Å². The minimum Gasteiger partial charge on any atom is -0.354 e. The third-order valence-corrected chi connectivity index (χ3v) is 4.72. The zero-order valence-electron chi connectivity index (χ0n) is 14.8. The molecular formula is C17H24N6O2. The van der Waals surface area contributed by atoms with E-state index in [1.54, 1.807) is 0 Å². The van der Waals surface area contributed by atoms with Crippen LogP contribution in [0.4, 0.5) is 5.82 Å². The van der Waals surface area contributed by atoms with Crippen LogP contribution in [-0.2, 0) is 16.0 Å². The SMILES string of the molecule is CC(=O)N[C@H]1C[C@@H](c2cc(NC(=O)CCc3c(C)n[nH]c3C)[nH]n2)C1. The molecule has 0 aromatic carbocycles. The van der Waals surface area contributed by atoms with E-state index in [0.717, 1.165) is 35.5 Å². The normalized spacial score (nSPS) is 19.3. The molecule has 4 N–H and O–H groups in total. The Hall–Kier alpha value is -2.64. The van der Waals surface area contributed by atoms with Crippen LogP contribution in [0.2, 0.25) is 0 Å². The molecule has 0 atom stereocenters. The molecule has 2 amide bonds. The molecule has 0 radical (unpaired) electrons. The monoisotopic (exact) mass is 344 g/mol. The number of anilines is 1. The third-order valence-electron chi connectivity index (χ3n) is 4.72. The number of hydrogen-bond donors (Lipinski definition) is 4. The number of rotatable bonds is 6. The quantitative estimate of drug-likeness (QED) is 0.638. The van der Waals surface area contributed by atoms with E-state index in [1.165, 1.54) is 6.92 Å². The highest BCUT2D eigenvalue weighted by Gasteiger charge is 2.32. The van der Waals surface area contributed by atoms with Gasteiger partial charge in [0.15, 0.2) is 0 Å². The number of carbonyl (C=O) groups excluding carboxylic acids is 2. The van der Waals surface area contributed by atoms with Gasteiger partial charge in [0.05, 0.1) is 11.4 Å². The maximum Gasteiger partial charge on any atom is 0.225 e. The van der Waals surface area contributed by atoms with Crippen LogP contribution >= 0.6 is 0 Å². The van der Waals surface area contributed by atoms with Gasteiger partial charge in [0, 0.05) is 37.1 Å². The van der Waals surface area contributed by atoms with Crippen molar-refractivity contribution >= 4 is 17.6 Å². The van der Waals surface area contributed by atoms with Crippen LogP contribution in [0.25, 0.3) is 0 Å². The first-order valence-electron chi connectivity index (χ1n) is 8.55. The van der Waals surface area contributed by atoms with Crippen molar-refractivity contribution in [3.63, 3.8) is 0 Å². The van der Waals surface area contributed by atoms with Crippen molar-refractivity contribution < 1.29 is 9.59 Å². The van der Waals surface area contributed by atoms with Gasteiger partial charge in [0.2, 0.25) is 11.8 Å². The van der Waals surface area contributed by atoms with Crippen LogP contribution in [0.15, 0.2) is 6.07 Å². The van der Waals surface area contributed by atoms with E-state index in [2.05, 4.69) is 31.0 Å². The van der Waals surface area contributed by atoms with E-state index in [1.807, 2.05) is 19.9 Å². The fourth-order valence-corrected chi connectivity index (χ4v) is 3.27. The number of nitrogens with one attached hydrogen (secondary N) is 4. The van der Waals surface area contributed by atoms with Crippen molar-refractivity contribution in [3.05, 3.63) is 28.7 Å². The molecule has 2 aromatic rings. The van der Waals surface area contributed by atoms with E-state index < -0.39 is 0 Å². The Balaban J connectivity index is 1.47. The second-order valence-corrected chi connectivity index (χ2v) is 6.73. The summed E-state index contributed by atoms with van der Waals surface area (Å²) in [5.74, 6) is 0.889. The van der Waals surface area contributed by atoms with Gasteiger partial charge >= 0.3 is 0 Å². The Morgan fingerprint density at radius 3 is 2.64 bits per heavy atom. The molecular weight excluding hydrogens is 320 g/mol. The Labute approximate surface area is 146 Å². The fourth-order valence-electron chi connectivity index (χ4n) is 3.27. The van der Waals surface area contributed by atoms with Gasteiger partial charge in [-0.25, -0.2) is 0 Å². The van der Waals surface area contributed by atoms with Crippen LogP contribution < -0.4 is 10.6 Å². The molecule has 0 spiro atoms. The molecule has 1 saturated carbocycles. The molecule has 8 heteroatoms. The van der Waals surface area contributed by atoms with E-state index in [4.69, 9.17) is 0 Å². The molecule has 2 heterocycles. The number of carbonyl (C=O) groups is 2.